The molecule has 0 saturated carbocycles. The summed E-state index contributed by atoms with van der Waals surface area (Å²) < 4.78 is 5.02. The zero-order valence-corrected chi connectivity index (χ0v) is 9.45. The predicted molar refractivity (Wildman–Crippen MR) is 58.7 cm³/mol. The molecule has 0 aliphatic carbocycles. The third kappa shape index (κ3) is 2.82. The number of carbonyl (C=O) groups excluding carboxylic acids is 1. The standard InChI is InChI=1S/C11H17N3O2/c1-8-6-9(16-14-8)7-13-11(15)10-4-2-3-5-12-10/h6,10,12H,2-5,7H2,1H3,(H,13,15). The molecule has 0 aromatic carbocycles. The van der Waals surface area contributed by atoms with Gasteiger partial charge >= 0.3 is 0 Å². The highest BCUT2D eigenvalue weighted by Gasteiger charge is 2.20. The summed E-state index contributed by atoms with van der Waals surface area (Å²) in [6.07, 6.45) is 3.19. The molecule has 0 bridgehead atoms. The number of nitrogens with one attached hydrogen (secondary N) is 2. The minimum absolute atomic E-state index is 0.0437. The first-order valence-electron chi connectivity index (χ1n) is 5.69. The first-order valence-corrected chi connectivity index (χ1v) is 5.69. The highest BCUT2D eigenvalue weighted by molar-refractivity contribution is 5.81. The second-order valence-corrected chi connectivity index (χ2v) is 4.15. The molecule has 1 amide bonds. The largest absolute Gasteiger partial charge is 0.359 e. The number of piperidine rings is 1. The van der Waals surface area contributed by atoms with Gasteiger partial charge in [0.25, 0.3) is 0 Å². The van der Waals surface area contributed by atoms with Crippen LogP contribution in [0.3, 0.4) is 0 Å². The molecule has 16 heavy (non-hydrogen) atoms. The van der Waals surface area contributed by atoms with Crippen LogP contribution in [0.5, 0.6) is 0 Å². The maximum absolute atomic E-state index is 11.7. The molecular formula is C11H17N3O2. The van der Waals surface area contributed by atoms with Crippen molar-refractivity contribution < 1.29 is 9.32 Å². The summed E-state index contributed by atoms with van der Waals surface area (Å²) in [5.74, 6) is 0.746. The van der Waals surface area contributed by atoms with Crippen LogP contribution in [0.4, 0.5) is 0 Å². The first kappa shape index (κ1) is 11.1. The molecule has 88 valence electrons. The molecule has 1 saturated heterocycles. The third-order valence-corrected chi connectivity index (χ3v) is 2.74. The van der Waals surface area contributed by atoms with E-state index in [2.05, 4.69) is 15.8 Å². The van der Waals surface area contributed by atoms with Crippen molar-refractivity contribution in [2.24, 2.45) is 0 Å². The lowest BCUT2D eigenvalue weighted by Crippen LogP contribution is -2.46. The summed E-state index contributed by atoms with van der Waals surface area (Å²) in [6.45, 7) is 3.20. The van der Waals surface area contributed by atoms with E-state index in [1.165, 1.54) is 0 Å². The van der Waals surface area contributed by atoms with Gasteiger partial charge in [0.05, 0.1) is 18.3 Å². The Labute approximate surface area is 94.6 Å². The smallest absolute Gasteiger partial charge is 0.237 e. The van der Waals surface area contributed by atoms with Crippen LogP contribution in [0.15, 0.2) is 10.6 Å². The maximum Gasteiger partial charge on any atom is 0.237 e. The van der Waals surface area contributed by atoms with E-state index in [1.807, 2.05) is 13.0 Å². The van der Waals surface area contributed by atoms with Crippen LogP contribution in [0, 0.1) is 6.92 Å². The van der Waals surface area contributed by atoms with E-state index in [-0.39, 0.29) is 11.9 Å². The van der Waals surface area contributed by atoms with E-state index in [1.54, 1.807) is 0 Å². The average Bonchev–Trinajstić information content (AvgIpc) is 2.73. The van der Waals surface area contributed by atoms with Gasteiger partial charge in [-0.05, 0) is 26.3 Å². The Morgan fingerprint density at radius 1 is 1.69 bits per heavy atom. The van der Waals surface area contributed by atoms with Crippen LogP contribution in [0.2, 0.25) is 0 Å². The normalized spacial score (nSPS) is 20.7. The highest BCUT2D eigenvalue weighted by Crippen LogP contribution is 2.07. The minimum Gasteiger partial charge on any atom is -0.359 e. The molecule has 2 N–H and O–H groups in total. The van der Waals surface area contributed by atoms with Crippen molar-refractivity contribution in [3.63, 3.8) is 0 Å². The summed E-state index contributed by atoms with van der Waals surface area (Å²) in [5.41, 5.74) is 0.833. The zero-order chi connectivity index (χ0) is 11.4. The molecule has 5 heteroatoms. The van der Waals surface area contributed by atoms with Gasteiger partial charge in [-0.3, -0.25) is 4.79 Å². The van der Waals surface area contributed by atoms with Gasteiger partial charge in [-0.2, -0.15) is 0 Å². The van der Waals surface area contributed by atoms with E-state index >= 15 is 0 Å². The van der Waals surface area contributed by atoms with Crippen LogP contribution in [0.25, 0.3) is 0 Å². The van der Waals surface area contributed by atoms with Gasteiger partial charge in [0.2, 0.25) is 5.91 Å². The number of aromatic nitrogens is 1. The number of hydrogen-bond donors (Lipinski definition) is 2. The molecule has 2 heterocycles. The van der Waals surface area contributed by atoms with Crippen LogP contribution in [-0.2, 0) is 11.3 Å². The molecule has 1 atom stereocenters. The molecule has 1 aliphatic heterocycles. The Balaban J connectivity index is 1.78. The number of hydrogen-bond acceptors (Lipinski definition) is 4. The summed E-state index contributed by atoms with van der Waals surface area (Å²) in [5, 5.41) is 9.81. The van der Waals surface area contributed by atoms with Crippen LogP contribution in [-0.4, -0.2) is 23.7 Å². The Kier molecular flexibility index (Phi) is 3.56. The molecular weight excluding hydrogens is 206 g/mol. The Morgan fingerprint density at radius 2 is 2.56 bits per heavy atom. The number of carbonyl (C=O) groups is 1. The predicted octanol–water partition coefficient (Wildman–Crippen LogP) is 0.741. The van der Waals surface area contributed by atoms with Crippen molar-refractivity contribution in [1.82, 2.24) is 15.8 Å². The van der Waals surface area contributed by atoms with Gasteiger partial charge in [0.15, 0.2) is 5.76 Å². The van der Waals surface area contributed by atoms with Gasteiger partial charge in [-0.25, -0.2) is 0 Å². The summed E-state index contributed by atoms with van der Waals surface area (Å²) in [6, 6.07) is 1.78. The molecule has 0 spiro atoms. The molecule has 1 fully saturated rings. The van der Waals surface area contributed by atoms with E-state index in [0.717, 1.165) is 31.5 Å². The van der Waals surface area contributed by atoms with E-state index in [9.17, 15) is 4.79 Å². The van der Waals surface area contributed by atoms with Crippen LogP contribution in [0.1, 0.15) is 30.7 Å². The second kappa shape index (κ2) is 5.12. The molecule has 2 rings (SSSR count). The van der Waals surface area contributed by atoms with Gasteiger partial charge < -0.3 is 15.2 Å². The van der Waals surface area contributed by atoms with Crippen molar-refractivity contribution >= 4 is 5.91 Å². The molecule has 5 nitrogen and oxygen atoms in total. The molecule has 1 aromatic rings. The number of aryl methyl sites for hydroxylation is 1. The highest BCUT2D eigenvalue weighted by atomic mass is 16.5. The van der Waals surface area contributed by atoms with Gasteiger partial charge in [-0.15, -0.1) is 0 Å². The van der Waals surface area contributed by atoms with Crippen molar-refractivity contribution in [3.05, 3.63) is 17.5 Å². The van der Waals surface area contributed by atoms with Crippen LogP contribution >= 0.6 is 0 Å². The fraction of sp³-hybridized carbons (Fsp3) is 0.636. The molecule has 0 radical (unpaired) electrons. The lowest BCUT2D eigenvalue weighted by Gasteiger charge is -2.22. The topological polar surface area (TPSA) is 67.2 Å². The maximum atomic E-state index is 11.7. The average molecular weight is 223 g/mol. The lowest BCUT2D eigenvalue weighted by molar-refractivity contribution is -0.123. The Morgan fingerprint density at radius 3 is 3.19 bits per heavy atom. The minimum atomic E-state index is -0.0437. The summed E-state index contributed by atoms with van der Waals surface area (Å²) in [7, 11) is 0. The van der Waals surface area contributed by atoms with Crippen molar-refractivity contribution in [2.45, 2.75) is 38.8 Å². The quantitative estimate of drug-likeness (QED) is 0.793. The Bertz CT molecular complexity index is 356. The molecule has 1 aromatic heterocycles. The van der Waals surface area contributed by atoms with Gasteiger partial charge in [0.1, 0.15) is 0 Å². The Hall–Kier alpha value is -1.36. The first-order chi connectivity index (χ1) is 7.75. The van der Waals surface area contributed by atoms with Crippen LogP contribution < -0.4 is 10.6 Å². The molecule has 1 unspecified atom stereocenters. The monoisotopic (exact) mass is 223 g/mol. The van der Waals surface area contributed by atoms with E-state index < -0.39 is 0 Å². The third-order valence-electron chi connectivity index (χ3n) is 2.74. The summed E-state index contributed by atoms with van der Waals surface area (Å²) in [4.78, 5) is 11.7. The second-order valence-electron chi connectivity index (χ2n) is 4.15. The zero-order valence-electron chi connectivity index (χ0n) is 9.45. The van der Waals surface area contributed by atoms with Crippen molar-refractivity contribution in [1.29, 1.82) is 0 Å². The molecule has 1 aliphatic rings. The van der Waals surface area contributed by atoms with Gasteiger partial charge in [0, 0.05) is 6.07 Å². The lowest BCUT2D eigenvalue weighted by atomic mass is 10.0. The summed E-state index contributed by atoms with van der Waals surface area (Å²) >= 11 is 0. The number of amides is 1. The van der Waals surface area contributed by atoms with E-state index in [0.29, 0.717) is 12.3 Å². The SMILES string of the molecule is Cc1cc(CNC(=O)C2CCCCN2)on1. The van der Waals surface area contributed by atoms with E-state index in [4.69, 9.17) is 4.52 Å². The van der Waals surface area contributed by atoms with Crippen molar-refractivity contribution in [2.75, 3.05) is 6.54 Å². The fourth-order valence-corrected chi connectivity index (χ4v) is 1.87. The fourth-order valence-electron chi connectivity index (χ4n) is 1.87. The number of nitrogens with zero attached hydrogens (tertiary/aromatic N) is 1. The number of rotatable bonds is 3. The van der Waals surface area contributed by atoms with Crippen molar-refractivity contribution in [3.8, 4) is 0 Å². The van der Waals surface area contributed by atoms with Gasteiger partial charge in [-0.1, -0.05) is 11.6 Å².